The van der Waals surface area contributed by atoms with E-state index in [0.29, 0.717) is 6.61 Å². The molecule has 0 bridgehead atoms. The fraction of sp³-hybridized carbons (Fsp3) is 0.727. The topological polar surface area (TPSA) is 23.5 Å². The molecule has 1 aromatic rings. The Kier molecular flexibility index (Phi) is 8.30. The van der Waals surface area contributed by atoms with Crippen molar-refractivity contribution < 1.29 is 5.11 Å². The van der Waals surface area contributed by atoms with Crippen LogP contribution < -0.4 is 0 Å². The van der Waals surface area contributed by atoms with E-state index in [4.69, 9.17) is 16.7 Å². The maximum atomic E-state index is 9.09. The molecule has 0 atom stereocenters. The first-order valence-corrected chi connectivity index (χ1v) is 11.6. The normalized spacial score (nSPS) is 25.5. The highest BCUT2D eigenvalue weighted by Gasteiger charge is 2.23. The van der Waals surface area contributed by atoms with Crippen LogP contribution >= 0.6 is 27.5 Å². The first-order chi connectivity index (χ1) is 12.6. The highest BCUT2D eigenvalue weighted by Crippen LogP contribution is 2.33. The van der Waals surface area contributed by atoms with Gasteiger partial charge in [-0.25, -0.2) is 0 Å². The molecule has 1 saturated carbocycles. The Morgan fingerprint density at radius 2 is 1.62 bits per heavy atom. The number of piperidine rings is 1. The highest BCUT2D eigenvalue weighted by atomic mass is 79.9. The van der Waals surface area contributed by atoms with Gasteiger partial charge in [0, 0.05) is 16.1 Å². The van der Waals surface area contributed by atoms with E-state index < -0.39 is 0 Å². The quantitative estimate of drug-likeness (QED) is 0.565. The highest BCUT2D eigenvalue weighted by molar-refractivity contribution is 9.10. The number of halogens is 2. The number of rotatable bonds is 7. The molecule has 2 nitrogen and oxygen atoms in total. The van der Waals surface area contributed by atoms with E-state index in [1.165, 1.54) is 74.6 Å². The second-order valence-electron chi connectivity index (χ2n) is 8.41. The first kappa shape index (κ1) is 20.6. The number of aliphatic hydroxyl groups excluding tert-OH is 1. The van der Waals surface area contributed by atoms with Crippen LogP contribution in [0.15, 0.2) is 22.7 Å². The van der Waals surface area contributed by atoms with Gasteiger partial charge >= 0.3 is 0 Å². The van der Waals surface area contributed by atoms with Gasteiger partial charge in [-0.05, 0) is 93.3 Å². The molecule has 146 valence electrons. The molecule has 1 aliphatic heterocycles. The lowest BCUT2D eigenvalue weighted by atomic mass is 9.79. The van der Waals surface area contributed by atoms with Gasteiger partial charge < -0.3 is 10.0 Å². The van der Waals surface area contributed by atoms with Crippen molar-refractivity contribution in [2.75, 3.05) is 26.2 Å². The minimum atomic E-state index is 0.371. The third-order valence-electron chi connectivity index (χ3n) is 6.58. The average Bonchev–Trinajstić information content (AvgIpc) is 2.65. The van der Waals surface area contributed by atoms with Crippen LogP contribution in [0, 0.1) is 17.8 Å². The van der Waals surface area contributed by atoms with Crippen LogP contribution in [0.2, 0.25) is 5.02 Å². The van der Waals surface area contributed by atoms with Crippen molar-refractivity contribution >= 4 is 27.5 Å². The predicted molar refractivity (Wildman–Crippen MR) is 114 cm³/mol. The Morgan fingerprint density at radius 3 is 2.27 bits per heavy atom. The molecular weight excluding hydrogens is 410 g/mol. The minimum absolute atomic E-state index is 0.371. The molecule has 2 fully saturated rings. The van der Waals surface area contributed by atoms with E-state index in [9.17, 15) is 0 Å². The molecule has 1 N–H and O–H groups in total. The summed E-state index contributed by atoms with van der Waals surface area (Å²) in [6, 6.07) is 6.14. The van der Waals surface area contributed by atoms with E-state index >= 15 is 0 Å². The smallest absolute Gasteiger partial charge is 0.0433 e. The van der Waals surface area contributed by atoms with Crippen molar-refractivity contribution in [1.82, 2.24) is 4.90 Å². The monoisotopic (exact) mass is 441 g/mol. The lowest BCUT2D eigenvalue weighted by Crippen LogP contribution is -2.36. The summed E-state index contributed by atoms with van der Waals surface area (Å²) in [5, 5.41) is 9.93. The second kappa shape index (κ2) is 10.5. The van der Waals surface area contributed by atoms with E-state index in [2.05, 4.69) is 33.0 Å². The SMILES string of the molecule is OCCC1CCC(CCN2CCC(Cc3cc(Cl)ccc3Br)CC2)CC1. The molecule has 0 unspecified atom stereocenters. The number of nitrogens with zero attached hydrogens (tertiary/aromatic N) is 1. The standard InChI is InChI=1S/C22H33BrClNO/c23-22-6-5-21(24)16-20(22)15-19-8-12-25(13-9-19)11-7-17-1-3-18(4-2-17)10-14-26/h5-6,16-19,26H,1-4,7-15H2. The molecule has 2 aliphatic rings. The van der Waals surface area contributed by atoms with Gasteiger partial charge in [0.25, 0.3) is 0 Å². The second-order valence-corrected chi connectivity index (χ2v) is 9.70. The Morgan fingerprint density at radius 1 is 0.962 bits per heavy atom. The summed E-state index contributed by atoms with van der Waals surface area (Å²) in [6.07, 6.45) is 11.6. The zero-order chi connectivity index (χ0) is 18.4. The Labute approximate surface area is 172 Å². The molecule has 3 rings (SSSR count). The number of likely N-dealkylation sites (tertiary alicyclic amines) is 1. The van der Waals surface area contributed by atoms with Crippen LogP contribution in [0.25, 0.3) is 0 Å². The van der Waals surface area contributed by atoms with Crippen molar-refractivity contribution in [1.29, 1.82) is 0 Å². The molecule has 0 aromatic heterocycles. The molecule has 4 heteroatoms. The minimum Gasteiger partial charge on any atom is -0.396 e. The van der Waals surface area contributed by atoms with Crippen molar-refractivity contribution in [3.63, 3.8) is 0 Å². The van der Waals surface area contributed by atoms with E-state index in [0.717, 1.165) is 35.6 Å². The van der Waals surface area contributed by atoms with Crippen LogP contribution in [-0.4, -0.2) is 36.2 Å². The molecule has 0 amide bonds. The van der Waals surface area contributed by atoms with Crippen LogP contribution in [0.4, 0.5) is 0 Å². The lowest BCUT2D eigenvalue weighted by molar-refractivity contribution is 0.155. The molecular formula is C22H33BrClNO. The van der Waals surface area contributed by atoms with Crippen molar-refractivity contribution in [3.05, 3.63) is 33.3 Å². The van der Waals surface area contributed by atoms with E-state index in [1.54, 1.807) is 0 Å². The van der Waals surface area contributed by atoms with Gasteiger partial charge in [-0.3, -0.25) is 0 Å². The molecule has 0 spiro atoms. The van der Waals surface area contributed by atoms with Crippen LogP contribution in [0.5, 0.6) is 0 Å². The number of hydrogen-bond donors (Lipinski definition) is 1. The fourth-order valence-electron chi connectivity index (χ4n) is 4.78. The van der Waals surface area contributed by atoms with Crippen molar-refractivity contribution in [2.45, 2.75) is 57.8 Å². The Balaban J connectivity index is 1.35. The van der Waals surface area contributed by atoms with Gasteiger partial charge in [-0.2, -0.15) is 0 Å². The Hall–Kier alpha value is -0.0900. The summed E-state index contributed by atoms with van der Waals surface area (Å²) >= 11 is 9.83. The van der Waals surface area contributed by atoms with Crippen LogP contribution in [0.1, 0.15) is 56.9 Å². The predicted octanol–water partition coefficient (Wildman–Crippen LogP) is 5.94. The van der Waals surface area contributed by atoms with E-state index in [-0.39, 0.29) is 0 Å². The molecule has 1 aliphatic carbocycles. The maximum Gasteiger partial charge on any atom is 0.0433 e. The average molecular weight is 443 g/mol. The summed E-state index contributed by atoms with van der Waals surface area (Å²) in [5.41, 5.74) is 1.36. The van der Waals surface area contributed by atoms with Crippen molar-refractivity contribution in [3.8, 4) is 0 Å². The summed E-state index contributed by atoms with van der Waals surface area (Å²) in [4.78, 5) is 2.68. The third-order valence-corrected chi connectivity index (χ3v) is 7.59. The maximum absolute atomic E-state index is 9.09. The lowest BCUT2D eigenvalue weighted by Gasteiger charge is -2.34. The molecule has 26 heavy (non-hydrogen) atoms. The van der Waals surface area contributed by atoms with E-state index in [1.807, 2.05) is 6.07 Å². The molecule has 0 radical (unpaired) electrons. The van der Waals surface area contributed by atoms with Gasteiger partial charge in [0.05, 0.1) is 0 Å². The van der Waals surface area contributed by atoms with Crippen LogP contribution in [-0.2, 0) is 6.42 Å². The molecule has 1 saturated heterocycles. The summed E-state index contributed by atoms with van der Waals surface area (Å²) in [5.74, 6) is 2.50. The largest absolute Gasteiger partial charge is 0.396 e. The summed E-state index contributed by atoms with van der Waals surface area (Å²) in [7, 11) is 0. The summed E-state index contributed by atoms with van der Waals surface area (Å²) in [6.45, 7) is 4.16. The van der Waals surface area contributed by atoms with Gasteiger partial charge in [-0.1, -0.05) is 53.2 Å². The zero-order valence-corrected chi connectivity index (χ0v) is 18.1. The summed E-state index contributed by atoms with van der Waals surface area (Å²) < 4.78 is 1.20. The zero-order valence-electron chi connectivity index (χ0n) is 15.8. The van der Waals surface area contributed by atoms with Gasteiger partial charge in [-0.15, -0.1) is 0 Å². The third kappa shape index (κ3) is 6.22. The van der Waals surface area contributed by atoms with Crippen LogP contribution in [0.3, 0.4) is 0 Å². The van der Waals surface area contributed by atoms with Gasteiger partial charge in [0.2, 0.25) is 0 Å². The van der Waals surface area contributed by atoms with Gasteiger partial charge in [0.15, 0.2) is 0 Å². The first-order valence-electron chi connectivity index (χ1n) is 10.4. The van der Waals surface area contributed by atoms with Gasteiger partial charge in [0.1, 0.15) is 0 Å². The fourth-order valence-corrected chi connectivity index (χ4v) is 5.38. The number of benzene rings is 1. The number of aliphatic hydroxyl groups is 1. The van der Waals surface area contributed by atoms with Crippen molar-refractivity contribution in [2.24, 2.45) is 17.8 Å². The molecule has 1 aromatic carbocycles. The number of hydrogen-bond acceptors (Lipinski definition) is 2. The Bertz CT molecular complexity index is 551. The molecule has 1 heterocycles.